The van der Waals surface area contributed by atoms with Gasteiger partial charge in [-0.05, 0) is 0 Å². The SMILES string of the molecule is CCC[CH2][Sn]([CH2]CCC)([CH2]CCC)[c]1ccn(-c2ccc(N)cc2C(F)(F)F)n1. The number of unbranched alkanes of at least 4 members (excludes halogenated alkanes) is 3. The molecule has 0 spiro atoms. The number of hydrogen-bond donors (Lipinski definition) is 1. The van der Waals surface area contributed by atoms with Crippen molar-refractivity contribution in [3.63, 3.8) is 0 Å². The van der Waals surface area contributed by atoms with Crippen molar-refractivity contribution in [2.75, 3.05) is 5.73 Å². The number of nitrogen functional groups attached to an aromatic ring is 1. The average molecular weight is 516 g/mol. The van der Waals surface area contributed by atoms with Gasteiger partial charge in [-0.3, -0.25) is 0 Å². The number of halogens is 3. The van der Waals surface area contributed by atoms with Crippen LogP contribution >= 0.6 is 0 Å². The third kappa shape index (κ3) is 6.15. The fourth-order valence-corrected chi connectivity index (χ4v) is 19.3. The van der Waals surface area contributed by atoms with Gasteiger partial charge in [-0.2, -0.15) is 0 Å². The van der Waals surface area contributed by atoms with Gasteiger partial charge < -0.3 is 0 Å². The van der Waals surface area contributed by atoms with E-state index in [1.807, 2.05) is 6.07 Å². The molecule has 1 aromatic heterocycles. The summed E-state index contributed by atoms with van der Waals surface area (Å²) in [6, 6.07) is 5.94. The molecule has 0 atom stereocenters. The van der Waals surface area contributed by atoms with Crippen LogP contribution in [0.3, 0.4) is 0 Å². The molecule has 0 amide bonds. The maximum atomic E-state index is 13.6. The summed E-state index contributed by atoms with van der Waals surface area (Å²) < 4.78 is 47.0. The fourth-order valence-electron chi connectivity index (χ4n) is 4.03. The molecule has 2 rings (SSSR count). The van der Waals surface area contributed by atoms with Gasteiger partial charge in [0.25, 0.3) is 0 Å². The topological polar surface area (TPSA) is 43.8 Å². The first kappa shape index (κ1) is 24.1. The van der Waals surface area contributed by atoms with Gasteiger partial charge in [0.15, 0.2) is 0 Å². The van der Waals surface area contributed by atoms with Crippen LogP contribution in [0.1, 0.15) is 64.9 Å². The van der Waals surface area contributed by atoms with Crippen molar-refractivity contribution in [2.45, 2.75) is 78.8 Å². The third-order valence-electron chi connectivity index (χ3n) is 5.73. The molecule has 0 unspecified atom stereocenters. The number of hydrogen-bond acceptors (Lipinski definition) is 2. The quantitative estimate of drug-likeness (QED) is 0.273. The van der Waals surface area contributed by atoms with Gasteiger partial charge >= 0.3 is 177 Å². The third-order valence-corrected chi connectivity index (χ3v) is 20.8. The predicted octanol–water partition coefficient (Wildman–Crippen LogP) is 6.53. The molecule has 0 saturated heterocycles. The van der Waals surface area contributed by atoms with E-state index in [-0.39, 0.29) is 11.4 Å². The molecule has 2 N–H and O–H groups in total. The Hall–Kier alpha value is -1.18. The zero-order valence-corrected chi connectivity index (χ0v) is 20.7. The van der Waals surface area contributed by atoms with Crippen LogP contribution in [-0.4, -0.2) is 28.2 Å². The predicted molar refractivity (Wildman–Crippen MR) is 118 cm³/mol. The molecule has 0 aliphatic carbocycles. The summed E-state index contributed by atoms with van der Waals surface area (Å²) in [5, 5.41) is 4.78. The summed E-state index contributed by atoms with van der Waals surface area (Å²) in [4.78, 5) is 0. The van der Waals surface area contributed by atoms with Crippen molar-refractivity contribution in [1.82, 2.24) is 9.78 Å². The monoisotopic (exact) mass is 517 g/mol. The molecule has 7 heteroatoms. The van der Waals surface area contributed by atoms with E-state index in [0.717, 1.165) is 29.0 Å². The van der Waals surface area contributed by atoms with Crippen molar-refractivity contribution in [3.8, 4) is 5.69 Å². The normalized spacial score (nSPS) is 12.5. The van der Waals surface area contributed by atoms with E-state index < -0.39 is 30.1 Å². The van der Waals surface area contributed by atoms with Crippen LogP contribution in [0.5, 0.6) is 0 Å². The Morgan fingerprint density at radius 3 is 1.97 bits per heavy atom. The molecule has 0 saturated carbocycles. The molecular formula is C22H34F3N3Sn. The molecule has 0 fully saturated rings. The van der Waals surface area contributed by atoms with Gasteiger partial charge in [0.1, 0.15) is 0 Å². The molecule has 0 aliphatic rings. The molecule has 2 aromatic rings. The zero-order valence-electron chi connectivity index (χ0n) is 17.9. The van der Waals surface area contributed by atoms with Gasteiger partial charge in [-0.25, -0.2) is 0 Å². The van der Waals surface area contributed by atoms with Crippen molar-refractivity contribution in [3.05, 3.63) is 36.0 Å². The van der Waals surface area contributed by atoms with Crippen LogP contribution in [0.2, 0.25) is 13.3 Å². The van der Waals surface area contributed by atoms with Crippen LogP contribution in [0, 0.1) is 0 Å². The van der Waals surface area contributed by atoms with Crippen LogP contribution in [0.15, 0.2) is 30.5 Å². The first-order chi connectivity index (χ1) is 13.8. The summed E-state index contributed by atoms with van der Waals surface area (Å²) in [5.74, 6) is 0. The standard InChI is InChI=1S/C10H7F3N3.3C4H9.Sn/c11-10(12,13)8-6-7(14)2-3-9(8)16-5-1-4-15-16;3*1-3-4-2;/h1-3,5-6H,14H2;3*1,3-4H2,2H3;. The second-order valence-electron chi connectivity index (χ2n) is 8.01. The Morgan fingerprint density at radius 2 is 1.48 bits per heavy atom. The Labute approximate surface area is 176 Å². The Bertz CT molecular complexity index is 749. The van der Waals surface area contributed by atoms with Crippen molar-refractivity contribution < 1.29 is 13.2 Å². The van der Waals surface area contributed by atoms with Gasteiger partial charge in [0, 0.05) is 0 Å². The molecule has 162 valence electrons. The number of anilines is 1. The number of alkyl halides is 3. The van der Waals surface area contributed by atoms with Crippen molar-refractivity contribution >= 4 is 27.8 Å². The summed E-state index contributed by atoms with van der Waals surface area (Å²) in [6.07, 6.45) is 4.25. The molecule has 0 aliphatic heterocycles. The molecule has 0 radical (unpaired) electrons. The molecule has 0 bridgehead atoms. The fraction of sp³-hybridized carbons (Fsp3) is 0.591. The van der Waals surface area contributed by atoms with E-state index in [1.54, 1.807) is 6.20 Å². The van der Waals surface area contributed by atoms with E-state index in [9.17, 15) is 13.2 Å². The second-order valence-corrected chi connectivity index (χ2v) is 21.1. The van der Waals surface area contributed by atoms with Gasteiger partial charge in [0.2, 0.25) is 0 Å². The minimum atomic E-state index is -4.47. The molecule has 3 nitrogen and oxygen atoms in total. The average Bonchev–Trinajstić information content (AvgIpc) is 3.17. The van der Waals surface area contributed by atoms with E-state index in [4.69, 9.17) is 10.8 Å². The van der Waals surface area contributed by atoms with Gasteiger partial charge in [-0.15, -0.1) is 0 Å². The molecule has 1 heterocycles. The first-order valence-electron chi connectivity index (χ1n) is 10.8. The Balaban J connectivity index is 2.49. The summed E-state index contributed by atoms with van der Waals surface area (Å²) in [7, 11) is 0. The van der Waals surface area contributed by atoms with E-state index in [1.165, 1.54) is 49.4 Å². The minimum absolute atomic E-state index is 0.0552. The number of rotatable bonds is 11. The summed E-state index contributed by atoms with van der Waals surface area (Å²) in [6.45, 7) is 6.62. The van der Waals surface area contributed by atoms with Crippen molar-refractivity contribution in [1.29, 1.82) is 0 Å². The van der Waals surface area contributed by atoms with E-state index in [2.05, 4.69) is 20.8 Å². The number of nitrogens with two attached hydrogens (primary N) is 1. The van der Waals surface area contributed by atoms with Gasteiger partial charge in [0.05, 0.1) is 0 Å². The van der Waals surface area contributed by atoms with E-state index in [0.29, 0.717) is 0 Å². The zero-order chi connectivity index (χ0) is 21.5. The number of nitrogens with zero attached hydrogens (tertiary/aromatic N) is 2. The number of benzene rings is 1. The summed E-state index contributed by atoms with van der Waals surface area (Å²) in [5.41, 5.74) is 5.05. The van der Waals surface area contributed by atoms with Gasteiger partial charge in [-0.1, -0.05) is 0 Å². The second kappa shape index (κ2) is 10.7. The first-order valence-corrected chi connectivity index (χ1v) is 18.3. The van der Waals surface area contributed by atoms with Crippen molar-refractivity contribution in [2.24, 2.45) is 0 Å². The van der Waals surface area contributed by atoms with Crippen LogP contribution in [-0.2, 0) is 6.18 Å². The molecular weight excluding hydrogens is 482 g/mol. The van der Waals surface area contributed by atoms with Crippen LogP contribution in [0.4, 0.5) is 18.9 Å². The number of aromatic nitrogens is 2. The Kier molecular flexibility index (Phi) is 8.91. The molecule has 1 aromatic carbocycles. The summed E-state index contributed by atoms with van der Waals surface area (Å²) >= 11 is -2.77. The van der Waals surface area contributed by atoms with E-state index >= 15 is 0 Å². The molecule has 29 heavy (non-hydrogen) atoms. The Morgan fingerprint density at radius 1 is 0.931 bits per heavy atom. The van der Waals surface area contributed by atoms with Crippen LogP contribution < -0.4 is 9.44 Å². The van der Waals surface area contributed by atoms with Crippen LogP contribution in [0.25, 0.3) is 5.69 Å². The maximum absolute atomic E-state index is 13.6.